The van der Waals surface area contributed by atoms with Crippen LogP contribution in [0.25, 0.3) is 0 Å². The van der Waals surface area contributed by atoms with Crippen LogP contribution in [0.4, 0.5) is 0 Å². The first-order valence-corrected chi connectivity index (χ1v) is 6.11. The summed E-state index contributed by atoms with van der Waals surface area (Å²) in [6.07, 6.45) is -0.854. The molecule has 0 fully saturated rings. The maximum Gasteiger partial charge on any atom is 0.258 e. The van der Waals surface area contributed by atoms with Crippen LogP contribution in [0.3, 0.4) is 0 Å². The molecule has 104 valence electrons. The van der Waals surface area contributed by atoms with Crippen molar-refractivity contribution in [2.45, 2.75) is 6.10 Å². The van der Waals surface area contributed by atoms with Gasteiger partial charge in [0.2, 0.25) is 0 Å². The van der Waals surface area contributed by atoms with Crippen molar-refractivity contribution in [3.05, 3.63) is 59.7 Å². The lowest BCUT2D eigenvalue weighted by molar-refractivity contribution is 0.0911. The van der Waals surface area contributed by atoms with Crippen molar-refractivity contribution in [3.63, 3.8) is 0 Å². The molecule has 0 spiro atoms. The Kier molecular flexibility index (Phi) is 4.22. The van der Waals surface area contributed by atoms with Crippen molar-refractivity contribution in [2.24, 2.45) is 0 Å². The maximum atomic E-state index is 11.9. The molecule has 1 atom stereocenters. The van der Waals surface area contributed by atoms with Gasteiger partial charge in [-0.1, -0.05) is 36.4 Å². The molecule has 0 radical (unpaired) electrons. The average Bonchev–Trinajstić information content (AvgIpc) is 2.45. The van der Waals surface area contributed by atoms with Crippen LogP contribution in [0, 0.1) is 0 Å². The summed E-state index contributed by atoms with van der Waals surface area (Å²) >= 11 is 0. The van der Waals surface area contributed by atoms with Gasteiger partial charge in [0.15, 0.2) is 0 Å². The molecule has 2 aromatic carbocycles. The fourth-order valence-corrected chi connectivity index (χ4v) is 1.83. The third kappa shape index (κ3) is 3.07. The zero-order chi connectivity index (χ0) is 14.5. The van der Waals surface area contributed by atoms with E-state index in [1.54, 1.807) is 24.3 Å². The van der Waals surface area contributed by atoms with E-state index in [1.165, 1.54) is 18.2 Å². The van der Waals surface area contributed by atoms with E-state index in [2.05, 4.69) is 5.32 Å². The van der Waals surface area contributed by atoms with Crippen molar-refractivity contribution in [2.75, 3.05) is 6.54 Å². The Hall–Kier alpha value is -2.53. The molecule has 5 nitrogen and oxygen atoms in total. The number of aromatic hydroxyl groups is 2. The van der Waals surface area contributed by atoms with Gasteiger partial charge >= 0.3 is 0 Å². The number of nitrogens with one attached hydrogen (secondary N) is 1. The summed E-state index contributed by atoms with van der Waals surface area (Å²) in [4.78, 5) is 11.9. The number of phenolic OH excluding ortho intramolecular Hbond substituents is 2. The van der Waals surface area contributed by atoms with Crippen LogP contribution < -0.4 is 5.32 Å². The molecule has 0 aromatic heterocycles. The lowest BCUT2D eigenvalue weighted by Gasteiger charge is -2.13. The molecule has 1 amide bonds. The van der Waals surface area contributed by atoms with Crippen LogP contribution in [0.1, 0.15) is 22.0 Å². The fraction of sp³-hybridized carbons (Fsp3) is 0.133. The molecule has 0 heterocycles. The molecule has 0 bridgehead atoms. The number of phenols is 2. The minimum absolute atomic E-state index is 0.0172. The monoisotopic (exact) mass is 273 g/mol. The first-order valence-electron chi connectivity index (χ1n) is 6.11. The van der Waals surface area contributed by atoms with Crippen LogP contribution in [0.2, 0.25) is 0 Å². The molecule has 2 rings (SSSR count). The number of aliphatic hydroxyl groups excluding tert-OH is 1. The number of benzene rings is 2. The van der Waals surface area contributed by atoms with Crippen molar-refractivity contribution in [1.29, 1.82) is 0 Å². The number of hydrogen-bond donors (Lipinski definition) is 4. The third-order valence-electron chi connectivity index (χ3n) is 2.89. The smallest absolute Gasteiger partial charge is 0.258 e. The zero-order valence-corrected chi connectivity index (χ0v) is 10.7. The van der Waals surface area contributed by atoms with E-state index < -0.39 is 12.0 Å². The lowest BCUT2D eigenvalue weighted by Crippen LogP contribution is -2.28. The Labute approximate surface area is 116 Å². The SMILES string of the molecule is O=C(NCC(O)c1ccccc1)c1c(O)cccc1O. The minimum Gasteiger partial charge on any atom is -0.507 e. The standard InChI is InChI=1S/C15H15NO4/c17-11-7-4-8-12(18)14(11)15(20)16-9-13(19)10-5-2-1-3-6-10/h1-8,13,17-19H,9H2,(H,16,20). The van der Waals surface area contributed by atoms with Crippen LogP contribution in [0.15, 0.2) is 48.5 Å². The second kappa shape index (κ2) is 6.08. The largest absolute Gasteiger partial charge is 0.507 e. The summed E-state index contributed by atoms with van der Waals surface area (Å²) in [6.45, 7) is -0.0172. The van der Waals surface area contributed by atoms with E-state index >= 15 is 0 Å². The third-order valence-corrected chi connectivity index (χ3v) is 2.89. The molecular weight excluding hydrogens is 258 g/mol. The van der Waals surface area contributed by atoms with Gasteiger partial charge in [0, 0.05) is 6.54 Å². The van der Waals surface area contributed by atoms with Crippen molar-refractivity contribution in [3.8, 4) is 11.5 Å². The van der Waals surface area contributed by atoms with Crippen molar-refractivity contribution in [1.82, 2.24) is 5.32 Å². The van der Waals surface area contributed by atoms with Crippen molar-refractivity contribution >= 4 is 5.91 Å². The highest BCUT2D eigenvalue weighted by molar-refractivity contribution is 5.99. The predicted octanol–water partition coefficient (Wildman–Crippen LogP) is 1.56. The van der Waals surface area contributed by atoms with Gasteiger partial charge in [0.1, 0.15) is 17.1 Å². The molecule has 4 N–H and O–H groups in total. The topological polar surface area (TPSA) is 89.8 Å². The highest BCUT2D eigenvalue weighted by atomic mass is 16.3. The van der Waals surface area contributed by atoms with Gasteiger partial charge in [0.25, 0.3) is 5.91 Å². The Morgan fingerprint density at radius 3 is 2.20 bits per heavy atom. The molecule has 0 aliphatic carbocycles. The van der Waals surface area contributed by atoms with E-state index in [1.807, 2.05) is 6.07 Å². The molecule has 20 heavy (non-hydrogen) atoms. The lowest BCUT2D eigenvalue weighted by atomic mass is 10.1. The van der Waals surface area contributed by atoms with Gasteiger partial charge in [-0.05, 0) is 17.7 Å². The van der Waals surface area contributed by atoms with E-state index in [0.717, 1.165) is 0 Å². The van der Waals surface area contributed by atoms with Gasteiger partial charge in [-0.15, -0.1) is 0 Å². The number of hydrogen-bond acceptors (Lipinski definition) is 4. The maximum absolute atomic E-state index is 11.9. The van der Waals surface area contributed by atoms with E-state index in [0.29, 0.717) is 5.56 Å². The van der Waals surface area contributed by atoms with Crippen LogP contribution in [-0.2, 0) is 0 Å². The predicted molar refractivity (Wildman–Crippen MR) is 73.5 cm³/mol. The summed E-state index contributed by atoms with van der Waals surface area (Å²) in [5.74, 6) is -1.26. The Morgan fingerprint density at radius 1 is 1.00 bits per heavy atom. The first kappa shape index (κ1) is 13.9. The molecule has 0 aliphatic heterocycles. The molecule has 0 aliphatic rings. The fourth-order valence-electron chi connectivity index (χ4n) is 1.83. The molecule has 0 saturated heterocycles. The van der Waals surface area contributed by atoms with Gasteiger partial charge in [-0.3, -0.25) is 4.79 Å². The summed E-state index contributed by atoms with van der Waals surface area (Å²) in [6, 6.07) is 12.9. The summed E-state index contributed by atoms with van der Waals surface area (Å²) in [7, 11) is 0. The van der Waals surface area contributed by atoms with Gasteiger partial charge in [-0.2, -0.15) is 0 Å². The summed E-state index contributed by atoms with van der Waals surface area (Å²) < 4.78 is 0. The van der Waals surface area contributed by atoms with Gasteiger partial charge in [-0.25, -0.2) is 0 Å². The summed E-state index contributed by atoms with van der Waals surface area (Å²) in [5.41, 5.74) is 0.474. The molecule has 1 unspecified atom stereocenters. The first-order chi connectivity index (χ1) is 9.59. The summed E-state index contributed by atoms with van der Waals surface area (Å²) in [5, 5.41) is 31.5. The molecule has 0 saturated carbocycles. The van der Waals surface area contributed by atoms with Crippen LogP contribution in [0.5, 0.6) is 11.5 Å². The van der Waals surface area contributed by atoms with E-state index in [9.17, 15) is 20.1 Å². The van der Waals surface area contributed by atoms with Crippen molar-refractivity contribution < 1.29 is 20.1 Å². The Morgan fingerprint density at radius 2 is 1.60 bits per heavy atom. The van der Waals surface area contributed by atoms with Gasteiger partial charge in [0.05, 0.1) is 6.10 Å². The minimum atomic E-state index is -0.854. The highest BCUT2D eigenvalue weighted by Gasteiger charge is 2.17. The van der Waals surface area contributed by atoms with Crippen LogP contribution >= 0.6 is 0 Å². The van der Waals surface area contributed by atoms with Crippen LogP contribution in [-0.4, -0.2) is 27.8 Å². The normalized spacial score (nSPS) is 11.8. The molecular formula is C15H15NO4. The number of amides is 1. The quantitative estimate of drug-likeness (QED) is 0.680. The molecule has 5 heteroatoms. The number of rotatable bonds is 4. The zero-order valence-electron chi connectivity index (χ0n) is 10.7. The number of carbonyl (C=O) groups is 1. The Bertz CT molecular complexity index is 578. The van der Waals surface area contributed by atoms with E-state index in [-0.39, 0.29) is 23.6 Å². The number of carbonyl (C=O) groups excluding carboxylic acids is 1. The number of aliphatic hydroxyl groups is 1. The second-order valence-electron chi connectivity index (χ2n) is 4.31. The average molecular weight is 273 g/mol. The Balaban J connectivity index is 2.03. The van der Waals surface area contributed by atoms with Gasteiger partial charge < -0.3 is 20.6 Å². The molecule has 2 aromatic rings. The second-order valence-corrected chi connectivity index (χ2v) is 4.31. The highest BCUT2D eigenvalue weighted by Crippen LogP contribution is 2.26. The van der Waals surface area contributed by atoms with E-state index in [4.69, 9.17) is 0 Å².